The maximum absolute atomic E-state index is 13.0. The second-order valence-corrected chi connectivity index (χ2v) is 2.69. The Hall–Kier alpha value is -1.64. The molecule has 0 atom stereocenters. The van der Waals surface area contributed by atoms with Crippen molar-refractivity contribution in [3.8, 4) is 5.69 Å². The van der Waals surface area contributed by atoms with Crippen LogP contribution in [0.15, 0.2) is 42.6 Å². The zero-order valence-corrected chi connectivity index (χ0v) is 6.74. The van der Waals surface area contributed by atoms with Gasteiger partial charge in [0.15, 0.2) is 0 Å². The van der Waals surface area contributed by atoms with Gasteiger partial charge in [-0.25, -0.2) is 4.39 Å². The zero-order chi connectivity index (χ0) is 9.26. The molecule has 0 N–H and O–H groups in total. The molecular weight excluding hydrogens is 172 g/mol. The van der Waals surface area contributed by atoms with Crippen molar-refractivity contribution >= 4 is 0 Å². The van der Waals surface area contributed by atoms with E-state index in [1.807, 2.05) is 6.07 Å². The largest absolute Gasteiger partial charge is 0.291 e. The Labute approximate surface area is 74.2 Å². The summed E-state index contributed by atoms with van der Waals surface area (Å²) in [5.41, 5.74) is 0.615. The molecule has 0 radical (unpaired) electrons. The summed E-state index contributed by atoms with van der Waals surface area (Å²) < 4.78 is 26.8. The molecule has 0 aliphatic heterocycles. The standard InChI is InChI=1S/C10H7F2N/c11-8-6-10(12)13(7-8)9-4-2-1-3-5-9/h1-7H. The number of benzene rings is 1. The molecule has 2 rings (SSSR count). The lowest BCUT2D eigenvalue weighted by molar-refractivity contribution is 0.559. The quantitative estimate of drug-likeness (QED) is 0.634. The van der Waals surface area contributed by atoms with Crippen molar-refractivity contribution in [3.63, 3.8) is 0 Å². The van der Waals surface area contributed by atoms with E-state index in [1.54, 1.807) is 24.3 Å². The van der Waals surface area contributed by atoms with Gasteiger partial charge in [-0.05, 0) is 12.1 Å². The molecule has 0 unspecified atom stereocenters. The molecule has 1 aromatic heterocycles. The minimum atomic E-state index is -0.594. The van der Waals surface area contributed by atoms with Gasteiger partial charge in [-0.1, -0.05) is 18.2 Å². The predicted molar refractivity (Wildman–Crippen MR) is 45.7 cm³/mol. The van der Waals surface area contributed by atoms with E-state index >= 15 is 0 Å². The van der Waals surface area contributed by atoms with Crippen LogP contribution in [0.2, 0.25) is 0 Å². The summed E-state index contributed by atoms with van der Waals surface area (Å²) in [5.74, 6) is -1.16. The molecule has 3 heteroatoms. The molecule has 0 saturated carbocycles. The number of hydrogen-bond acceptors (Lipinski definition) is 0. The fourth-order valence-electron chi connectivity index (χ4n) is 1.19. The van der Waals surface area contributed by atoms with Crippen molar-refractivity contribution in [1.82, 2.24) is 4.57 Å². The Morgan fingerprint density at radius 1 is 1.00 bits per heavy atom. The maximum atomic E-state index is 13.0. The highest BCUT2D eigenvalue weighted by atomic mass is 19.1. The average molecular weight is 179 g/mol. The Bertz CT molecular complexity index is 406. The molecule has 0 aliphatic carbocycles. The molecule has 0 aliphatic rings. The molecule has 13 heavy (non-hydrogen) atoms. The van der Waals surface area contributed by atoms with Gasteiger partial charge in [0.1, 0.15) is 5.82 Å². The Balaban J connectivity index is 2.53. The average Bonchev–Trinajstić information content (AvgIpc) is 2.47. The molecule has 0 spiro atoms. The lowest BCUT2D eigenvalue weighted by Gasteiger charge is -2.01. The van der Waals surface area contributed by atoms with Gasteiger partial charge in [-0.3, -0.25) is 4.57 Å². The van der Waals surface area contributed by atoms with Gasteiger partial charge in [0.25, 0.3) is 0 Å². The first-order valence-electron chi connectivity index (χ1n) is 3.86. The number of para-hydroxylation sites is 1. The third-order valence-electron chi connectivity index (χ3n) is 1.77. The highest BCUT2D eigenvalue weighted by Crippen LogP contribution is 2.12. The SMILES string of the molecule is Fc1cc(F)n(-c2ccccc2)c1. The summed E-state index contributed by atoms with van der Waals surface area (Å²) in [6, 6.07) is 9.64. The second kappa shape index (κ2) is 3.01. The van der Waals surface area contributed by atoms with Gasteiger partial charge in [0.2, 0.25) is 5.95 Å². The summed E-state index contributed by atoms with van der Waals surface area (Å²) in [5, 5.41) is 0. The van der Waals surface area contributed by atoms with E-state index in [-0.39, 0.29) is 0 Å². The summed E-state index contributed by atoms with van der Waals surface area (Å²) >= 11 is 0. The smallest absolute Gasteiger partial charge is 0.201 e. The molecule has 2 aromatic rings. The molecular formula is C10H7F2N. The van der Waals surface area contributed by atoms with Gasteiger partial charge < -0.3 is 0 Å². The van der Waals surface area contributed by atoms with Crippen LogP contribution in [0.5, 0.6) is 0 Å². The van der Waals surface area contributed by atoms with Crippen molar-refractivity contribution in [1.29, 1.82) is 0 Å². The van der Waals surface area contributed by atoms with Crippen molar-refractivity contribution in [2.45, 2.75) is 0 Å². The topological polar surface area (TPSA) is 4.93 Å². The van der Waals surface area contributed by atoms with E-state index in [1.165, 1.54) is 0 Å². The Kier molecular flexibility index (Phi) is 1.85. The normalized spacial score (nSPS) is 10.3. The fraction of sp³-hybridized carbons (Fsp3) is 0. The van der Waals surface area contributed by atoms with Crippen molar-refractivity contribution < 1.29 is 8.78 Å². The zero-order valence-electron chi connectivity index (χ0n) is 6.74. The summed E-state index contributed by atoms with van der Waals surface area (Å²) in [7, 11) is 0. The predicted octanol–water partition coefficient (Wildman–Crippen LogP) is 2.76. The number of aromatic nitrogens is 1. The molecule has 1 aromatic carbocycles. The van der Waals surface area contributed by atoms with E-state index in [4.69, 9.17) is 0 Å². The highest BCUT2D eigenvalue weighted by molar-refractivity contribution is 5.32. The highest BCUT2D eigenvalue weighted by Gasteiger charge is 2.05. The van der Waals surface area contributed by atoms with Crippen LogP contribution in [0.1, 0.15) is 0 Å². The van der Waals surface area contributed by atoms with E-state index < -0.39 is 11.8 Å². The third kappa shape index (κ3) is 1.45. The van der Waals surface area contributed by atoms with Crippen LogP contribution < -0.4 is 0 Å². The Morgan fingerprint density at radius 2 is 1.69 bits per heavy atom. The van der Waals surface area contributed by atoms with Crippen molar-refractivity contribution in [2.75, 3.05) is 0 Å². The van der Waals surface area contributed by atoms with Gasteiger partial charge in [0.05, 0.1) is 0 Å². The van der Waals surface area contributed by atoms with Gasteiger partial charge >= 0.3 is 0 Å². The van der Waals surface area contributed by atoms with Crippen LogP contribution in [-0.4, -0.2) is 4.57 Å². The molecule has 1 nitrogen and oxygen atoms in total. The molecule has 66 valence electrons. The van der Waals surface area contributed by atoms with E-state index in [0.29, 0.717) is 5.69 Å². The number of hydrogen-bond donors (Lipinski definition) is 0. The molecule has 0 saturated heterocycles. The van der Waals surface area contributed by atoms with E-state index in [2.05, 4.69) is 0 Å². The molecule has 0 bridgehead atoms. The third-order valence-corrected chi connectivity index (χ3v) is 1.77. The number of halogens is 2. The summed E-state index contributed by atoms with van der Waals surface area (Å²) in [6.45, 7) is 0. The first-order valence-corrected chi connectivity index (χ1v) is 3.86. The van der Waals surface area contributed by atoms with Crippen molar-refractivity contribution in [2.24, 2.45) is 0 Å². The fourth-order valence-corrected chi connectivity index (χ4v) is 1.19. The van der Waals surface area contributed by atoms with Crippen LogP contribution in [0, 0.1) is 11.8 Å². The monoisotopic (exact) mass is 179 g/mol. The van der Waals surface area contributed by atoms with Gasteiger partial charge in [0, 0.05) is 18.0 Å². The molecule has 0 fully saturated rings. The minimum Gasteiger partial charge on any atom is -0.291 e. The number of rotatable bonds is 1. The van der Waals surface area contributed by atoms with Gasteiger partial charge in [-0.2, -0.15) is 4.39 Å². The number of nitrogens with zero attached hydrogens (tertiary/aromatic N) is 1. The first-order chi connectivity index (χ1) is 6.27. The van der Waals surface area contributed by atoms with Crippen LogP contribution in [0.25, 0.3) is 5.69 Å². The maximum Gasteiger partial charge on any atom is 0.201 e. The van der Waals surface area contributed by atoms with Crippen molar-refractivity contribution in [3.05, 3.63) is 54.4 Å². The summed E-state index contributed by atoms with van der Waals surface area (Å²) in [6.07, 6.45) is 1.12. The van der Waals surface area contributed by atoms with Crippen LogP contribution in [0.3, 0.4) is 0 Å². The Morgan fingerprint density at radius 3 is 2.23 bits per heavy atom. The minimum absolute atomic E-state index is 0.568. The molecule has 1 heterocycles. The lowest BCUT2D eigenvalue weighted by atomic mass is 10.3. The first kappa shape index (κ1) is 7.98. The van der Waals surface area contributed by atoms with E-state index in [9.17, 15) is 8.78 Å². The lowest BCUT2D eigenvalue weighted by Crippen LogP contribution is -1.93. The van der Waals surface area contributed by atoms with Crippen LogP contribution in [0.4, 0.5) is 8.78 Å². The summed E-state index contributed by atoms with van der Waals surface area (Å²) in [4.78, 5) is 0. The van der Waals surface area contributed by atoms with E-state index in [0.717, 1.165) is 16.8 Å². The van der Waals surface area contributed by atoms with Crippen LogP contribution >= 0.6 is 0 Å². The van der Waals surface area contributed by atoms with Crippen LogP contribution in [-0.2, 0) is 0 Å². The molecule has 0 amide bonds. The second-order valence-electron chi connectivity index (χ2n) is 2.69. The van der Waals surface area contributed by atoms with Gasteiger partial charge in [-0.15, -0.1) is 0 Å².